The summed E-state index contributed by atoms with van der Waals surface area (Å²) in [6, 6.07) is 1.72. The molecule has 0 saturated heterocycles. The molecule has 14 heavy (non-hydrogen) atoms. The number of anilines is 1. The second-order valence-corrected chi connectivity index (χ2v) is 3.25. The van der Waals surface area contributed by atoms with Gasteiger partial charge in [-0.15, -0.1) is 0 Å². The van der Waals surface area contributed by atoms with E-state index in [1.807, 2.05) is 6.07 Å². The van der Waals surface area contributed by atoms with Gasteiger partial charge in [-0.3, -0.25) is 0 Å². The highest BCUT2D eigenvalue weighted by atomic mass is 16.2. The van der Waals surface area contributed by atoms with Crippen molar-refractivity contribution in [1.29, 1.82) is 0 Å². The number of rotatable bonds is 2. The monoisotopic (exact) mass is 192 g/mol. The Morgan fingerprint density at radius 1 is 1.50 bits per heavy atom. The van der Waals surface area contributed by atoms with Gasteiger partial charge in [-0.05, 0) is 12.5 Å². The van der Waals surface area contributed by atoms with Crippen LogP contribution in [0.25, 0.3) is 0 Å². The van der Waals surface area contributed by atoms with Crippen LogP contribution in [0, 0.1) is 0 Å². The van der Waals surface area contributed by atoms with Crippen LogP contribution in [0.15, 0.2) is 6.07 Å². The van der Waals surface area contributed by atoms with Crippen LogP contribution < -0.4 is 10.6 Å². The number of amides is 2. The Morgan fingerprint density at radius 2 is 2.36 bits per heavy atom. The number of carbonyl (C=O) groups is 1. The minimum absolute atomic E-state index is 0.173. The summed E-state index contributed by atoms with van der Waals surface area (Å²) in [5.41, 5.74) is 2.50. The maximum Gasteiger partial charge on any atom is 0.319 e. The van der Waals surface area contributed by atoms with Crippen LogP contribution in [-0.2, 0) is 13.0 Å². The maximum absolute atomic E-state index is 11.0. The van der Waals surface area contributed by atoms with E-state index in [1.54, 1.807) is 0 Å². The third-order valence-corrected chi connectivity index (χ3v) is 2.09. The predicted molar refractivity (Wildman–Crippen MR) is 51.9 cm³/mol. The molecule has 0 fully saturated rings. The molecule has 0 aromatic carbocycles. The second kappa shape index (κ2) is 3.61. The zero-order valence-corrected chi connectivity index (χ0v) is 8.00. The molecule has 1 aliphatic heterocycles. The van der Waals surface area contributed by atoms with Gasteiger partial charge in [-0.25, -0.2) is 4.79 Å². The van der Waals surface area contributed by atoms with Crippen LogP contribution in [0.2, 0.25) is 0 Å². The van der Waals surface area contributed by atoms with Crippen molar-refractivity contribution < 1.29 is 4.79 Å². The summed E-state index contributed by atoms with van der Waals surface area (Å²) >= 11 is 0. The van der Waals surface area contributed by atoms with Crippen molar-refractivity contribution in [3.63, 3.8) is 0 Å². The molecule has 0 spiro atoms. The van der Waals surface area contributed by atoms with Gasteiger partial charge in [-0.1, -0.05) is 13.3 Å². The molecule has 0 unspecified atom stereocenters. The van der Waals surface area contributed by atoms with E-state index in [4.69, 9.17) is 0 Å². The first-order chi connectivity index (χ1) is 6.79. The normalized spacial score (nSPS) is 14.2. The van der Waals surface area contributed by atoms with Gasteiger partial charge in [0.2, 0.25) is 0 Å². The molecule has 2 N–H and O–H groups in total. The van der Waals surface area contributed by atoms with Crippen LogP contribution in [0.5, 0.6) is 0 Å². The zero-order chi connectivity index (χ0) is 9.97. The third kappa shape index (κ3) is 1.66. The van der Waals surface area contributed by atoms with Gasteiger partial charge in [0.25, 0.3) is 0 Å². The standard InChI is InChI=1S/C9H12N4O/c1-2-3-6-4-7-8(13-12-6)5-10-9(14)11-7/h4H,2-3,5H2,1H3,(H2,10,11,14). The molecule has 0 aliphatic carbocycles. The van der Waals surface area contributed by atoms with Crippen molar-refractivity contribution in [2.45, 2.75) is 26.3 Å². The van der Waals surface area contributed by atoms with E-state index in [2.05, 4.69) is 27.8 Å². The summed E-state index contributed by atoms with van der Waals surface area (Å²) in [5, 5.41) is 13.5. The molecule has 2 heterocycles. The predicted octanol–water partition coefficient (Wildman–Crippen LogP) is 1.06. The Bertz CT molecular complexity index is 364. The highest BCUT2D eigenvalue weighted by molar-refractivity contribution is 5.91. The minimum atomic E-state index is -0.173. The Morgan fingerprint density at radius 3 is 3.14 bits per heavy atom. The summed E-state index contributed by atoms with van der Waals surface area (Å²) in [7, 11) is 0. The molecule has 0 radical (unpaired) electrons. The van der Waals surface area contributed by atoms with Crippen molar-refractivity contribution in [3.8, 4) is 0 Å². The lowest BCUT2D eigenvalue weighted by molar-refractivity contribution is 0.250. The molecule has 1 aromatic rings. The molecular weight excluding hydrogens is 180 g/mol. The summed E-state index contributed by atoms with van der Waals surface area (Å²) in [6.07, 6.45) is 1.92. The van der Waals surface area contributed by atoms with Crippen LogP contribution in [0.1, 0.15) is 24.7 Å². The van der Waals surface area contributed by atoms with Crippen LogP contribution in [0.3, 0.4) is 0 Å². The van der Waals surface area contributed by atoms with Gasteiger partial charge in [0.1, 0.15) is 5.69 Å². The lowest BCUT2D eigenvalue weighted by Crippen LogP contribution is -2.34. The summed E-state index contributed by atoms with van der Waals surface area (Å²) in [6.45, 7) is 2.54. The lowest BCUT2D eigenvalue weighted by Gasteiger charge is -2.16. The molecule has 1 aromatic heterocycles. The van der Waals surface area contributed by atoms with Crippen LogP contribution in [-0.4, -0.2) is 16.2 Å². The quantitative estimate of drug-likeness (QED) is 0.736. The van der Waals surface area contributed by atoms with Crippen molar-refractivity contribution in [2.75, 3.05) is 5.32 Å². The van der Waals surface area contributed by atoms with E-state index < -0.39 is 0 Å². The van der Waals surface area contributed by atoms with Gasteiger partial charge < -0.3 is 10.6 Å². The van der Waals surface area contributed by atoms with Crippen LogP contribution >= 0.6 is 0 Å². The van der Waals surface area contributed by atoms with Crippen molar-refractivity contribution in [1.82, 2.24) is 15.5 Å². The fourth-order valence-electron chi connectivity index (χ4n) is 1.40. The van der Waals surface area contributed by atoms with Crippen molar-refractivity contribution in [3.05, 3.63) is 17.5 Å². The SMILES string of the molecule is CCCc1cc2c(nn1)CNC(=O)N2. The first-order valence-corrected chi connectivity index (χ1v) is 4.70. The average molecular weight is 192 g/mol. The zero-order valence-electron chi connectivity index (χ0n) is 8.00. The minimum Gasteiger partial charge on any atom is -0.332 e. The largest absolute Gasteiger partial charge is 0.332 e. The van der Waals surface area contributed by atoms with E-state index in [0.717, 1.165) is 29.9 Å². The van der Waals surface area contributed by atoms with E-state index in [0.29, 0.717) is 6.54 Å². The number of carbonyl (C=O) groups excluding carboxylic acids is 1. The maximum atomic E-state index is 11.0. The molecular formula is C9H12N4O. The fourth-order valence-corrected chi connectivity index (χ4v) is 1.40. The Hall–Kier alpha value is -1.65. The van der Waals surface area contributed by atoms with E-state index in [9.17, 15) is 4.79 Å². The lowest BCUT2D eigenvalue weighted by atomic mass is 10.2. The van der Waals surface area contributed by atoms with Gasteiger partial charge in [0, 0.05) is 0 Å². The molecule has 5 nitrogen and oxygen atoms in total. The van der Waals surface area contributed by atoms with Crippen molar-refractivity contribution >= 4 is 11.7 Å². The van der Waals surface area contributed by atoms with Gasteiger partial charge in [-0.2, -0.15) is 10.2 Å². The van der Waals surface area contributed by atoms with Crippen molar-refractivity contribution in [2.24, 2.45) is 0 Å². The number of nitrogens with one attached hydrogen (secondary N) is 2. The van der Waals surface area contributed by atoms with Gasteiger partial charge >= 0.3 is 6.03 Å². The first kappa shape index (κ1) is 8.93. The van der Waals surface area contributed by atoms with Gasteiger partial charge in [0.05, 0.1) is 17.9 Å². The Kier molecular flexibility index (Phi) is 2.30. The average Bonchev–Trinajstić information content (AvgIpc) is 2.17. The van der Waals surface area contributed by atoms with Gasteiger partial charge in [0.15, 0.2) is 0 Å². The van der Waals surface area contributed by atoms with E-state index in [1.165, 1.54) is 0 Å². The number of fused-ring (bicyclic) bond motifs is 1. The highest BCUT2D eigenvalue weighted by Crippen LogP contribution is 2.16. The summed E-state index contributed by atoms with van der Waals surface area (Å²) in [5.74, 6) is 0. The smallest absolute Gasteiger partial charge is 0.319 e. The summed E-state index contributed by atoms with van der Waals surface area (Å²) in [4.78, 5) is 11.0. The number of hydrogen-bond acceptors (Lipinski definition) is 3. The molecule has 0 saturated carbocycles. The molecule has 2 rings (SSSR count). The number of hydrogen-bond donors (Lipinski definition) is 2. The molecule has 5 heteroatoms. The molecule has 74 valence electrons. The summed E-state index contributed by atoms with van der Waals surface area (Å²) < 4.78 is 0. The molecule has 1 aliphatic rings. The third-order valence-electron chi connectivity index (χ3n) is 2.09. The number of aryl methyl sites for hydroxylation is 1. The van der Waals surface area contributed by atoms with E-state index in [-0.39, 0.29) is 6.03 Å². The van der Waals surface area contributed by atoms with Crippen LogP contribution in [0.4, 0.5) is 10.5 Å². The molecule has 0 atom stereocenters. The Labute approximate surface area is 81.9 Å². The number of urea groups is 1. The topological polar surface area (TPSA) is 66.9 Å². The first-order valence-electron chi connectivity index (χ1n) is 4.70. The Balaban J connectivity index is 2.28. The second-order valence-electron chi connectivity index (χ2n) is 3.25. The fraction of sp³-hybridized carbons (Fsp3) is 0.444. The highest BCUT2D eigenvalue weighted by Gasteiger charge is 2.15. The molecule has 0 bridgehead atoms. The van der Waals surface area contributed by atoms with E-state index >= 15 is 0 Å². The number of aromatic nitrogens is 2. The number of nitrogens with zero attached hydrogens (tertiary/aromatic N) is 2. The molecule has 2 amide bonds.